The van der Waals surface area contributed by atoms with Gasteiger partial charge in [-0.05, 0) is 18.2 Å². The van der Waals surface area contributed by atoms with Crippen LogP contribution < -0.4 is 0 Å². The number of halogens is 1. The molecule has 0 radical (unpaired) electrons. The Labute approximate surface area is 124 Å². The summed E-state index contributed by atoms with van der Waals surface area (Å²) in [6.07, 6.45) is -0.306. The molecule has 0 saturated heterocycles. The zero-order chi connectivity index (χ0) is 14.1. The predicted octanol–water partition coefficient (Wildman–Crippen LogP) is 3.93. The third kappa shape index (κ3) is 2.39. The number of carbonyl (C=O) groups excluding carboxylic acids is 2. The maximum absolute atomic E-state index is 12.2. The lowest BCUT2D eigenvalue weighted by Gasteiger charge is -2.09. The van der Waals surface area contributed by atoms with Gasteiger partial charge in [-0.1, -0.05) is 46.3 Å². The topological polar surface area (TPSA) is 43.4 Å². The van der Waals surface area contributed by atoms with E-state index in [-0.39, 0.29) is 18.2 Å². The van der Waals surface area contributed by atoms with Crippen LogP contribution in [0, 0.1) is 0 Å². The van der Waals surface area contributed by atoms with Crippen LogP contribution in [0.2, 0.25) is 0 Å². The molecule has 3 nitrogen and oxygen atoms in total. The van der Waals surface area contributed by atoms with Gasteiger partial charge in [-0.2, -0.15) is 0 Å². The van der Waals surface area contributed by atoms with E-state index in [1.54, 1.807) is 24.3 Å². The van der Waals surface area contributed by atoms with Crippen LogP contribution in [0.1, 0.15) is 38.8 Å². The molecule has 4 heteroatoms. The van der Waals surface area contributed by atoms with Gasteiger partial charge in [0.2, 0.25) is 0 Å². The molecule has 2 aromatic carbocycles. The highest BCUT2D eigenvalue weighted by atomic mass is 79.9. The van der Waals surface area contributed by atoms with E-state index in [0.29, 0.717) is 11.1 Å². The Morgan fingerprint density at radius 3 is 2.55 bits per heavy atom. The Balaban J connectivity index is 1.81. The Kier molecular flexibility index (Phi) is 3.40. The van der Waals surface area contributed by atoms with Crippen molar-refractivity contribution in [1.82, 2.24) is 0 Å². The standard InChI is InChI=1S/C16H11BrO3/c17-11-7-5-10(6-8-11)14(18)9-15-12-3-1-2-4-13(12)16(19)20-15/h1-8,15H,9H2/t15-/m0/s1. The maximum Gasteiger partial charge on any atom is 0.339 e. The van der Waals surface area contributed by atoms with Gasteiger partial charge in [0.1, 0.15) is 6.10 Å². The SMILES string of the molecule is O=C(C[C@@H]1OC(=O)c2ccccc21)c1ccc(Br)cc1. The normalized spacial score (nSPS) is 16.6. The third-order valence-electron chi connectivity index (χ3n) is 3.31. The number of rotatable bonds is 3. The summed E-state index contributed by atoms with van der Waals surface area (Å²) < 4.78 is 6.20. The fourth-order valence-corrected chi connectivity index (χ4v) is 2.56. The molecule has 2 aromatic rings. The summed E-state index contributed by atoms with van der Waals surface area (Å²) in [6.45, 7) is 0. The summed E-state index contributed by atoms with van der Waals surface area (Å²) in [5.74, 6) is -0.388. The van der Waals surface area contributed by atoms with Crippen molar-refractivity contribution in [3.8, 4) is 0 Å². The molecule has 20 heavy (non-hydrogen) atoms. The first kappa shape index (κ1) is 13.1. The van der Waals surface area contributed by atoms with E-state index < -0.39 is 6.10 Å². The molecular weight excluding hydrogens is 320 g/mol. The first-order valence-corrected chi connectivity index (χ1v) is 7.03. The van der Waals surface area contributed by atoms with Crippen LogP contribution in [0.25, 0.3) is 0 Å². The van der Waals surface area contributed by atoms with Crippen molar-refractivity contribution >= 4 is 27.7 Å². The summed E-state index contributed by atoms with van der Waals surface area (Å²) in [5.41, 5.74) is 1.97. The molecule has 100 valence electrons. The van der Waals surface area contributed by atoms with E-state index in [1.165, 1.54) is 0 Å². The summed E-state index contributed by atoms with van der Waals surface area (Å²) in [4.78, 5) is 23.9. The van der Waals surface area contributed by atoms with E-state index in [1.807, 2.05) is 24.3 Å². The molecule has 0 unspecified atom stereocenters. The number of cyclic esters (lactones) is 1. The smallest absolute Gasteiger partial charge is 0.339 e. The van der Waals surface area contributed by atoms with Gasteiger partial charge < -0.3 is 4.74 Å². The summed E-state index contributed by atoms with van der Waals surface area (Å²) >= 11 is 3.33. The van der Waals surface area contributed by atoms with Crippen LogP contribution in [0.15, 0.2) is 53.0 Å². The second-order valence-corrected chi connectivity index (χ2v) is 5.53. The number of ether oxygens (including phenoxy) is 1. The highest BCUT2D eigenvalue weighted by Gasteiger charge is 2.32. The minimum absolute atomic E-state index is 0.0352. The minimum Gasteiger partial charge on any atom is -0.453 e. The van der Waals surface area contributed by atoms with Crippen molar-refractivity contribution in [2.24, 2.45) is 0 Å². The largest absolute Gasteiger partial charge is 0.453 e. The van der Waals surface area contributed by atoms with Crippen LogP contribution in [0.4, 0.5) is 0 Å². The highest BCUT2D eigenvalue weighted by Crippen LogP contribution is 2.33. The zero-order valence-corrected chi connectivity index (χ0v) is 12.1. The molecular formula is C16H11BrO3. The number of esters is 1. The average Bonchev–Trinajstić information content (AvgIpc) is 2.77. The molecule has 0 spiro atoms. The van der Waals surface area contributed by atoms with E-state index in [9.17, 15) is 9.59 Å². The molecule has 1 aliphatic rings. The molecule has 0 N–H and O–H groups in total. The third-order valence-corrected chi connectivity index (χ3v) is 3.84. The second-order valence-electron chi connectivity index (χ2n) is 4.62. The number of fused-ring (bicyclic) bond motifs is 1. The van der Waals surface area contributed by atoms with E-state index >= 15 is 0 Å². The molecule has 0 fully saturated rings. The van der Waals surface area contributed by atoms with Crippen LogP contribution in [0.3, 0.4) is 0 Å². The Bertz CT molecular complexity index is 676. The summed E-state index contributed by atoms with van der Waals surface area (Å²) in [6, 6.07) is 14.4. The molecule has 0 saturated carbocycles. The van der Waals surface area contributed by atoms with Crippen LogP contribution >= 0.6 is 15.9 Å². The van der Waals surface area contributed by atoms with Crippen molar-refractivity contribution in [3.05, 3.63) is 69.7 Å². The second kappa shape index (κ2) is 5.21. The van der Waals surface area contributed by atoms with Crippen molar-refractivity contribution in [2.75, 3.05) is 0 Å². The Hall–Kier alpha value is -1.94. The zero-order valence-electron chi connectivity index (χ0n) is 10.5. The molecule has 3 rings (SSSR count). The maximum atomic E-state index is 12.2. The molecule has 0 aromatic heterocycles. The van der Waals surface area contributed by atoms with E-state index in [2.05, 4.69) is 15.9 Å². The van der Waals surface area contributed by atoms with Crippen LogP contribution in [-0.4, -0.2) is 11.8 Å². The Morgan fingerprint density at radius 2 is 1.80 bits per heavy atom. The molecule has 0 aliphatic carbocycles. The van der Waals surface area contributed by atoms with E-state index in [4.69, 9.17) is 4.74 Å². The number of carbonyl (C=O) groups is 2. The van der Waals surface area contributed by atoms with Gasteiger partial charge in [0.15, 0.2) is 5.78 Å². The molecule has 1 aliphatic heterocycles. The molecule has 1 atom stereocenters. The van der Waals surface area contributed by atoms with Gasteiger partial charge in [-0.15, -0.1) is 0 Å². The molecule has 0 amide bonds. The fourth-order valence-electron chi connectivity index (χ4n) is 2.29. The van der Waals surface area contributed by atoms with Gasteiger partial charge in [0, 0.05) is 15.6 Å². The van der Waals surface area contributed by atoms with Crippen molar-refractivity contribution in [2.45, 2.75) is 12.5 Å². The first-order valence-electron chi connectivity index (χ1n) is 6.24. The number of hydrogen-bond donors (Lipinski definition) is 0. The van der Waals surface area contributed by atoms with Crippen molar-refractivity contribution < 1.29 is 14.3 Å². The predicted molar refractivity (Wildman–Crippen MR) is 77.7 cm³/mol. The van der Waals surface area contributed by atoms with E-state index in [0.717, 1.165) is 10.0 Å². The van der Waals surface area contributed by atoms with Crippen LogP contribution in [-0.2, 0) is 4.74 Å². The minimum atomic E-state index is -0.477. The van der Waals surface area contributed by atoms with Crippen LogP contribution in [0.5, 0.6) is 0 Å². The quantitative estimate of drug-likeness (QED) is 0.632. The fraction of sp³-hybridized carbons (Fsp3) is 0.125. The number of hydrogen-bond acceptors (Lipinski definition) is 3. The highest BCUT2D eigenvalue weighted by molar-refractivity contribution is 9.10. The lowest BCUT2D eigenvalue weighted by atomic mass is 9.99. The van der Waals surface area contributed by atoms with Crippen molar-refractivity contribution in [3.63, 3.8) is 0 Å². The average molecular weight is 331 g/mol. The Morgan fingerprint density at radius 1 is 1.10 bits per heavy atom. The van der Waals surface area contributed by atoms with Crippen molar-refractivity contribution in [1.29, 1.82) is 0 Å². The lowest BCUT2D eigenvalue weighted by Crippen LogP contribution is -2.07. The van der Waals surface area contributed by atoms with Gasteiger partial charge in [0.05, 0.1) is 12.0 Å². The first-order chi connectivity index (χ1) is 9.65. The van der Waals surface area contributed by atoms with Gasteiger partial charge in [-0.25, -0.2) is 4.79 Å². The molecule has 0 bridgehead atoms. The summed E-state index contributed by atoms with van der Waals surface area (Å²) in [5, 5.41) is 0. The lowest BCUT2D eigenvalue weighted by molar-refractivity contribution is 0.0367. The number of ketones is 1. The van der Waals surface area contributed by atoms with Gasteiger partial charge >= 0.3 is 5.97 Å². The van der Waals surface area contributed by atoms with Gasteiger partial charge in [-0.3, -0.25) is 4.79 Å². The number of Topliss-reactive ketones (excluding diaryl/α,β-unsaturated/α-hetero) is 1. The summed E-state index contributed by atoms with van der Waals surface area (Å²) in [7, 11) is 0. The molecule has 1 heterocycles. The number of benzene rings is 2. The van der Waals surface area contributed by atoms with Gasteiger partial charge in [0.25, 0.3) is 0 Å². The monoisotopic (exact) mass is 330 g/mol.